The molecule has 0 aromatic heterocycles. The van der Waals surface area contributed by atoms with Crippen LogP contribution in [0.5, 0.6) is 0 Å². The van der Waals surface area contributed by atoms with E-state index in [4.69, 9.17) is 4.74 Å². The van der Waals surface area contributed by atoms with E-state index in [9.17, 15) is 17.6 Å². The molecule has 2 N–H and O–H groups in total. The summed E-state index contributed by atoms with van der Waals surface area (Å²) in [6, 6.07) is 4.62. The number of halogens is 1. The van der Waals surface area contributed by atoms with E-state index in [0.29, 0.717) is 25.1 Å². The Bertz CT molecular complexity index is 575. The first kappa shape index (κ1) is 18.5. The summed E-state index contributed by atoms with van der Waals surface area (Å²) in [5.74, 6) is -0.715. The van der Waals surface area contributed by atoms with Crippen LogP contribution >= 0.6 is 0 Å². The van der Waals surface area contributed by atoms with E-state index >= 15 is 0 Å². The van der Waals surface area contributed by atoms with Gasteiger partial charge in [-0.1, -0.05) is 12.1 Å². The summed E-state index contributed by atoms with van der Waals surface area (Å²) in [4.78, 5) is 11.9. The Hall–Kier alpha value is -1.51. The minimum Gasteiger partial charge on any atom is -0.385 e. The Kier molecular flexibility index (Phi) is 7.43. The Labute approximate surface area is 130 Å². The fourth-order valence-corrected chi connectivity index (χ4v) is 2.62. The van der Waals surface area contributed by atoms with Gasteiger partial charge in [-0.25, -0.2) is 17.5 Å². The molecule has 0 radical (unpaired) electrons. The van der Waals surface area contributed by atoms with E-state index in [1.165, 1.54) is 24.3 Å². The Balaban J connectivity index is 2.70. The monoisotopic (exact) mass is 332 g/mol. The van der Waals surface area contributed by atoms with Crippen LogP contribution in [0, 0.1) is 5.82 Å². The molecule has 1 aromatic carbocycles. The third kappa shape index (κ3) is 7.48. The molecule has 0 heterocycles. The van der Waals surface area contributed by atoms with Gasteiger partial charge in [0.15, 0.2) is 0 Å². The number of methoxy groups -OCH3 is 1. The predicted octanol–water partition coefficient (Wildman–Crippen LogP) is 0.959. The lowest BCUT2D eigenvalue weighted by atomic mass is 10.0. The van der Waals surface area contributed by atoms with E-state index in [-0.39, 0.29) is 12.3 Å². The number of hydrogen-bond acceptors (Lipinski definition) is 4. The molecule has 0 aliphatic heterocycles. The van der Waals surface area contributed by atoms with Gasteiger partial charge in [-0.05, 0) is 24.1 Å². The lowest BCUT2D eigenvalue weighted by Gasteiger charge is -2.17. The zero-order valence-corrected chi connectivity index (χ0v) is 13.5. The van der Waals surface area contributed by atoms with Gasteiger partial charge in [0, 0.05) is 26.7 Å². The number of benzene rings is 1. The molecule has 0 saturated carbocycles. The zero-order chi connectivity index (χ0) is 16.6. The van der Waals surface area contributed by atoms with E-state index in [1.807, 2.05) is 0 Å². The summed E-state index contributed by atoms with van der Waals surface area (Å²) in [7, 11) is -1.93. The van der Waals surface area contributed by atoms with Crippen LogP contribution in [0.1, 0.15) is 24.4 Å². The minimum absolute atomic E-state index is 0.0638. The second kappa shape index (κ2) is 8.82. The second-order valence-electron chi connectivity index (χ2n) is 4.89. The van der Waals surface area contributed by atoms with Gasteiger partial charge in [0.05, 0.1) is 12.3 Å². The number of rotatable bonds is 9. The molecule has 0 saturated heterocycles. The van der Waals surface area contributed by atoms with Gasteiger partial charge in [-0.15, -0.1) is 0 Å². The molecule has 1 rings (SSSR count). The maximum absolute atomic E-state index is 13.0. The molecule has 124 valence electrons. The van der Waals surface area contributed by atoms with Crippen LogP contribution < -0.4 is 10.0 Å². The fraction of sp³-hybridized carbons (Fsp3) is 0.500. The SMILES string of the molecule is COCCCNC(=O)C[C@@H](NS(C)(=O)=O)c1ccc(F)cc1. The van der Waals surface area contributed by atoms with Crippen molar-refractivity contribution in [2.75, 3.05) is 26.5 Å². The van der Waals surface area contributed by atoms with Crippen molar-refractivity contribution in [3.8, 4) is 0 Å². The molecule has 22 heavy (non-hydrogen) atoms. The van der Waals surface area contributed by atoms with Crippen molar-refractivity contribution < 1.29 is 22.3 Å². The molecule has 0 bridgehead atoms. The maximum atomic E-state index is 13.0. The van der Waals surface area contributed by atoms with E-state index < -0.39 is 21.9 Å². The van der Waals surface area contributed by atoms with Crippen molar-refractivity contribution in [3.05, 3.63) is 35.6 Å². The van der Waals surface area contributed by atoms with Crippen LogP contribution in [0.2, 0.25) is 0 Å². The number of nitrogens with one attached hydrogen (secondary N) is 2. The lowest BCUT2D eigenvalue weighted by molar-refractivity contribution is -0.121. The highest BCUT2D eigenvalue weighted by molar-refractivity contribution is 7.88. The molecule has 0 aliphatic rings. The summed E-state index contributed by atoms with van der Waals surface area (Å²) >= 11 is 0. The first-order valence-corrected chi connectivity index (χ1v) is 8.69. The van der Waals surface area contributed by atoms with Crippen molar-refractivity contribution in [2.24, 2.45) is 0 Å². The van der Waals surface area contributed by atoms with Crippen LogP contribution in [0.3, 0.4) is 0 Å². The zero-order valence-electron chi connectivity index (χ0n) is 12.6. The predicted molar refractivity (Wildman–Crippen MR) is 81.2 cm³/mol. The average Bonchev–Trinajstić information content (AvgIpc) is 2.42. The first-order valence-electron chi connectivity index (χ1n) is 6.80. The van der Waals surface area contributed by atoms with Gasteiger partial charge < -0.3 is 10.1 Å². The van der Waals surface area contributed by atoms with Crippen LogP contribution in [0.4, 0.5) is 4.39 Å². The molecule has 0 spiro atoms. The van der Waals surface area contributed by atoms with Crippen molar-refractivity contribution in [1.82, 2.24) is 10.0 Å². The van der Waals surface area contributed by atoms with Gasteiger partial charge in [0.1, 0.15) is 5.82 Å². The summed E-state index contributed by atoms with van der Waals surface area (Å²) in [5.41, 5.74) is 0.527. The number of hydrogen-bond donors (Lipinski definition) is 2. The van der Waals surface area contributed by atoms with Gasteiger partial charge >= 0.3 is 0 Å². The molecule has 0 unspecified atom stereocenters. The third-order valence-electron chi connectivity index (χ3n) is 2.87. The molecule has 1 atom stereocenters. The van der Waals surface area contributed by atoms with E-state index in [0.717, 1.165) is 6.26 Å². The summed E-state index contributed by atoms with van der Waals surface area (Å²) in [6.45, 7) is 0.977. The number of amides is 1. The highest BCUT2D eigenvalue weighted by Crippen LogP contribution is 2.18. The van der Waals surface area contributed by atoms with Crippen molar-refractivity contribution >= 4 is 15.9 Å². The van der Waals surface area contributed by atoms with Gasteiger partial charge in [-0.2, -0.15) is 0 Å². The third-order valence-corrected chi connectivity index (χ3v) is 3.58. The van der Waals surface area contributed by atoms with Gasteiger partial charge in [0.2, 0.25) is 15.9 Å². The highest BCUT2D eigenvalue weighted by Gasteiger charge is 2.19. The molecule has 1 aromatic rings. The maximum Gasteiger partial charge on any atom is 0.221 e. The number of carbonyl (C=O) groups is 1. The first-order chi connectivity index (χ1) is 10.3. The van der Waals surface area contributed by atoms with Crippen molar-refractivity contribution in [2.45, 2.75) is 18.9 Å². The van der Waals surface area contributed by atoms with Crippen LogP contribution in [-0.4, -0.2) is 40.8 Å². The Morgan fingerprint density at radius 2 is 1.95 bits per heavy atom. The van der Waals surface area contributed by atoms with Gasteiger partial charge in [0.25, 0.3) is 0 Å². The number of ether oxygens (including phenoxy) is 1. The normalized spacial score (nSPS) is 12.9. The second-order valence-corrected chi connectivity index (χ2v) is 6.67. The molecule has 8 heteroatoms. The van der Waals surface area contributed by atoms with Gasteiger partial charge in [-0.3, -0.25) is 4.79 Å². The molecular formula is C14H21FN2O4S. The smallest absolute Gasteiger partial charge is 0.221 e. The van der Waals surface area contributed by atoms with Crippen molar-refractivity contribution in [3.63, 3.8) is 0 Å². The Morgan fingerprint density at radius 3 is 2.50 bits per heavy atom. The quantitative estimate of drug-likeness (QED) is 0.660. The highest BCUT2D eigenvalue weighted by atomic mass is 32.2. The number of carbonyl (C=O) groups excluding carboxylic acids is 1. The summed E-state index contributed by atoms with van der Waals surface area (Å²) in [5, 5.41) is 2.69. The summed E-state index contributed by atoms with van der Waals surface area (Å²) < 4.78 is 43.1. The molecule has 0 aliphatic carbocycles. The average molecular weight is 332 g/mol. The topological polar surface area (TPSA) is 84.5 Å². The Morgan fingerprint density at radius 1 is 1.32 bits per heavy atom. The largest absolute Gasteiger partial charge is 0.385 e. The van der Waals surface area contributed by atoms with Crippen LogP contribution in [-0.2, 0) is 19.6 Å². The molecule has 0 fully saturated rings. The lowest BCUT2D eigenvalue weighted by Crippen LogP contribution is -2.33. The summed E-state index contributed by atoms with van der Waals surface area (Å²) in [6.07, 6.45) is 1.62. The van der Waals surface area contributed by atoms with Crippen molar-refractivity contribution in [1.29, 1.82) is 0 Å². The van der Waals surface area contributed by atoms with E-state index in [2.05, 4.69) is 10.0 Å². The van der Waals surface area contributed by atoms with Crippen LogP contribution in [0.25, 0.3) is 0 Å². The minimum atomic E-state index is -3.50. The fourth-order valence-electron chi connectivity index (χ4n) is 1.88. The number of sulfonamides is 1. The molecule has 6 nitrogen and oxygen atoms in total. The van der Waals surface area contributed by atoms with E-state index in [1.54, 1.807) is 7.11 Å². The van der Waals surface area contributed by atoms with Crippen LogP contribution in [0.15, 0.2) is 24.3 Å². The standard InChI is InChI=1S/C14H21FN2O4S/c1-21-9-3-8-16-14(18)10-13(17-22(2,19)20)11-4-6-12(15)7-5-11/h4-7,13,17H,3,8-10H2,1-2H3,(H,16,18)/t13-/m1/s1. The molecule has 1 amide bonds. The molecular weight excluding hydrogens is 311 g/mol.